The fraction of sp³-hybridized carbons (Fsp3) is 0.562. The molecule has 1 aliphatic heterocycles. The molecule has 0 aliphatic carbocycles. The minimum absolute atomic E-state index is 0.628. The first-order chi connectivity index (χ1) is 10.7. The number of rotatable bonds is 6. The molecule has 0 unspecified atom stereocenters. The van der Waals surface area contributed by atoms with Crippen LogP contribution in [0.1, 0.15) is 43.5 Å². The van der Waals surface area contributed by atoms with E-state index in [1.165, 1.54) is 24.0 Å². The lowest BCUT2D eigenvalue weighted by atomic mass is 10.0. The largest absolute Gasteiger partial charge is 0.424 e. The zero-order chi connectivity index (χ0) is 15.4. The molecule has 0 atom stereocenters. The molecule has 0 fully saturated rings. The van der Waals surface area contributed by atoms with Gasteiger partial charge in [-0.25, -0.2) is 0 Å². The van der Waals surface area contributed by atoms with E-state index in [2.05, 4.69) is 39.4 Å². The summed E-state index contributed by atoms with van der Waals surface area (Å²) in [5.41, 5.74) is 2.64. The van der Waals surface area contributed by atoms with E-state index >= 15 is 0 Å². The monoisotopic (exact) mass is 301 g/mol. The molecule has 0 saturated heterocycles. The molecule has 6 nitrogen and oxygen atoms in total. The molecule has 0 N–H and O–H groups in total. The van der Waals surface area contributed by atoms with Gasteiger partial charge in [-0.05, 0) is 18.4 Å². The second kappa shape index (κ2) is 6.87. The van der Waals surface area contributed by atoms with Gasteiger partial charge in [0.25, 0.3) is 0 Å². The molecule has 3 heterocycles. The highest BCUT2D eigenvalue weighted by molar-refractivity contribution is 5.65. The molecular weight excluding hydrogens is 278 g/mol. The van der Waals surface area contributed by atoms with E-state index in [-0.39, 0.29) is 0 Å². The number of hydrogen-bond donors (Lipinski definition) is 0. The summed E-state index contributed by atoms with van der Waals surface area (Å²) in [5.74, 6) is 1.32. The maximum Gasteiger partial charge on any atom is 0.230 e. The fourth-order valence-corrected chi connectivity index (χ4v) is 2.68. The van der Waals surface area contributed by atoms with Gasteiger partial charge in [-0.15, -0.1) is 10.2 Å². The molecule has 0 amide bonds. The summed E-state index contributed by atoms with van der Waals surface area (Å²) in [5, 5.41) is 12.4. The molecule has 118 valence electrons. The highest BCUT2D eigenvalue weighted by atomic mass is 16.4. The number of aromatic nitrogens is 4. The zero-order valence-corrected chi connectivity index (χ0v) is 13.3. The lowest BCUT2D eigenvalue weighted by Crippen LogP contribution is -2.28. The molecule has 0 radical (unpaired) electrons. The highest BCUT2D eigenvalue weighted by Crippen LogP contribution is 2.22. The second-order valence-corrected chi connectivity index (χ2v) is 5.77. The van der Waals surface area contributed by atoms with Crippen LogP contribution in [-0.4, -0.2) is 38.0 Å². The van der Waals surface area contributed by atoms with E-state index in [4.69, 9.17) is 4.42 Å². The molecule has 22 heavy (non-hydrogen) atoms. The van der Waals surface area contributed by atoms with Crippen molar-refractivity contribution in [1.29, 1.82) is 0 Å². The van der Waals surface area contributed by atoms with Crippen LogP contribution < -0.4 is 0 Å². The van der Waals surface area contributed by atoms with Crippen LogP contribution in [0.5, 0.6) is 0 Å². The van der Waals surface area contributed by atoms with E-state index in [0.717, 1.165) is 32.6 Å². The Morgan fingerprint density at radius 1 is 1.32 bits per heavy atom. The Kier molecular flexibility index (Phi) is 4.68. The van der Waals surface area contributed by atoms with Crippen LogP contribution in [0.4, 0.5) is 0 Å². The van der Waals surface area contributed by atoms with Gasteiger partial charge < -0.3 is 4.42 Å². The lowest BCUT2D eigenvalue weighted by Gasteiger charge is -2.24. The van der Waals surface area contributed by atoms with E-state index in [9.17, 15) is 0 Å². The number of unbranched alkanes of at least 4 members (excludes halogenated alkanes) is 1. The van der Waals surface area contributed by atoms with Crippen LogP contribution in [-0.2, 0) is 13.1 Å². The molecule has 2 aromatic heterocycles. The van der Waals surface area contributed by atoms with E-state index in [1.54, 1.807) is 0 Å². The highest BCUT2D eigenvalue weighted by Gasteiger charge is 2.16. The minimum atomic E-state index is 0.628. The first-order valence-corrected chi connectivity index (χ1v) is 7.98. The number of aryl methyl sites for hydroxylation is 2. The Morgan fingerprint density at radius 2 is 2.23 bits per heavy atom. The topological polar surface area (TPSA) is 60.0 Å². The first-order valence-electron chi connectivity index (χ1n) is 7.98. The van der Waals surface area contributed by atoms with Crippen molar-refractivity contribution in [2.75, 3.05) is 13.1 Å². The molecule has 2 aromatic rings. The quantitative estimate of drug-likeness (QED) is 0.821. The van der Waals surface area contributed by atoms with Crippen molar-refractivity contribution in [1.82, 2.24) is 24.9 Å². The minimum Gasteiger partial charge on any atom is -0.424 e. The number of nitrogens with zero attached hydrogens (tertiary/aromatic N) is 5. The van der Waals surface area contributed by atoms with Crippen LogP contribution in [0.15, 0.2) is 22.9 Å². The smallest absolute Gasteiger partial charge is 0.230 e. The van der Waals surface area contributed by atoms with Gasteiger partial charge in [0, 0.05) is 38.3 Å². The van der Waals surface area contributed by atoms with Crippen molar-refractivity contribution in [3.63, 3.8) is 0 Å². The van der Waals surface area contributed by atoms with Gasteiger partial charge in [0.1, 0.15) is 0 Å². The van der Waals surface area contributed by atoms with Crippen LogP contribution in [0.2, 0.25) is 0 Å². The Labute approximate surface area is 130 Å². The van der Waals surface area contributed by atoms with Crippen molar-refractivity contribution in [2.45, 2.75) is 46.2 Å². The third-order valence-electron chi connectivity index (χ3n) is 3.96. The van der Waals surface area contributed by atoms with Crippen molar-refractivity contribution in [3.05, 3.63) is 35.8 Å². The van der Waals surface area contributed by atoms with E-state index in [0.29, 0.717) is 11.8 Å². The second-order valence-electron chi connectivity index (χ2n) is 5.77. The molecule has 0 bridgehead atoms. The summed E-state index contributed by atoms with van der Waals surface area (Å²) >= 11 is 0. The molecule has 0 aromatic carbocycles. The molecule has 1 aliphatic rings. The fourth-order valence-electron chi connectivity index (χ4n) is 2.68. The number of hydrogen-bond acceptors (Lipinski definition) is 5. The molecule has 3 rings (SSSR count). The summed E-state index contributed by atoms with van der Waals surface area (Å²) in [6.45, 7) is 7.67. The zero-order valence-electron chi connectivity index (χ0n) is 13.3. The third-order valence-corrected chi connectivity index (χ3v) is 3.96. The molecule has 0 saturated carbocycles. The average Bonchev–Trinajstić information content (AvgIpc) is 3.15. The summed E-state index contributed by atoms with van der Waals surface area (Å²) in [7, 11) is 0. The SMILES string of the molecule is CCCCn1cc(C2=CCN(Cc3nnc(C)o3)CC2)cn1. The van der Waals surface area contributed by atoms with E-state index in [1.807, 2.05) is 17.8 Å². The van der Waals surface area contributed by atoms with Crippen molar-refractivity contribution in [2.24, 2.45) is 0 Å². The van der Waals surface area contributed by atoms with Gasteiger partial charge in [0.15, 0.2) is 0 Å². The van der Waals surface area contributed by atoms with Crippen LogP contribution in [0.25, 0.3) is 5.57 Å². The van der Waals surface area contributed by atoms with Gasteiger partial charge in [-0.2, -0.15) is 5.10 Å². The van der Waals surface area contributed by atoms with Crippen LogP contribution in [0.3, 0.4) is 0 Å². The van der Waals surface area contributed by atoms with Gasteiger partial charge in [0.2, 0.25) is 11.8 Å². The Bertz CT molecular complexity index is 643. The van der Waals surface area contributed by atoms with Crippen molar-refractivity contribution in [3.8, 4) is 0 Å². The van der Waals surface area contributed by atoms with Crippen LogP contribution >= 0.6 is 0 Å². The first kappa shape index (κ1) is 15.0. The summed E-state index contributed by atoms with van der Waals surface area (Å²) in [6.07, 6.45) is 9.84. The lowest BCUT2D eigenvalue weighted by molar-refractivity contribution is 0.260. The normalized spacial score (nSPS) is 16.0. The predicted octanol–water partition coefficient (Wildman–Crippen LogP) is 2.66. The maximum atomic E-state index is 5.44. The third kappa shape index (κ3) is 3.62. The summed E-state index contributed by atoms with van der Waals surface area (Å²) < 4.78 is 7.49. The Balaban J connectivity index is 1.57. The molecule has 6 heteroatoms. The summed E-state index contributed by atoms with van der Waals surface area (Å²) in [4.78, 5) is 2.32. The average molecular weight is 301 g/mol. The standard InChI is InChI=1S/C16H23N5O/c1-3-4-7-21-11-15(10-17-21)14-5-8-20(9-6-14)12-16-19-18-13(2)22-16/h5,10-11H,3-4,6-9,12H2,1-2H3. The maximum absolute atomic E-state index is 5.44. The van der Waals surface area contributed by atoms with Crippen molar-refractivity contribution >= 4 is 5.57 Å². The van der Waals surface area contributed by atoms with Gasteiger partial charge in [0.05, 0.1) is 12.7 Å². The predicted molar refractivity (Wildman–Crippen MR) is 84.0 cm³/mol. The van der Waals surface area contributed by atoms with Gasteiger partial charge >= 0.3 is 0 Å². The molecule has 0 spiro atoms. The molecular formula is C16H23N5O. The van der Waals surface area contributed by atoms with Crippen LogP contribution in [0, 0.1) is 6.92 Å². The summed E-state index contributed by atoms with van der Waals surface area (Å²) in [6, 6.07) is 0. The van der Waals surface area contributed by atoms with Gasteiger partial charge in [-0.1, -0.05) is 19.4 Å². The van der Waals surface area contributed by atoms with E-state index < -0.39 is 0 Å². The Hall–Kier alpha value is -1.95. The Morgan fingerprint density at radius 3 is 2.91 bits per heavy atom. The van der Waals surface area contributed by atoms with Gasteiger partial charge in [-0.3, -0.25) is 9.58 Å². The van der Waals surface area contributed by atoms with Crippen molar-refractivity contribution < 1.29 is 4.42 Å².